The number of carbonyl (C=O) groups is 2. The van der Waals surface area contributed by atoms with Crippen LogP contribution in [0.2, 0.25) is 0 Å². The number of amides is 1. The molecule has 1 N–H and O–H groups in total. The van der Waals surface area contributed by atoms with E-state index < -0.39 is 0 Å². The van der Waals surface area contributed by atoms with Gasteiger partial charge in [0.15, 0.2) is 5.78 Å². The van der Waals surface area contributed by atoms with Crippen molar-refractivity contribution in [2.45, 2.75) is 32.9 Å². The number of ketones is 1. The van der Waals surface area contributed by atoms with Crippen LogP contribution in [0.5, 0.6) is 0 Å². The summed E-state index contributed by atoms with van der Waals surface area (Å²) in [5.74, 6) is 0.557. The molecule has 128 valence electrons. The van der Waals surface area contributed by atoms with Crippen molar-refractivity contribution in [1.82, 2.24) is 14.9 Å². The third-order valence-corrected chi connectivity index (χ3v) is 4.37. The number of para-hydroxylation sites is 2. The molecule has 0 aliphatic carbocycles. The minimum Gasteiger partial charge on any atom is -0.342 e. The maximum Gasteiger partial charge on any atom is 0.251 e. The van der Waals surface area contributed by atoms with Crippen molar-refractivity contribution in [3.05, 3.63) is 66.0 Å². The third-order valence-electron chi connectivity index (χ3n) is 4.37. The number of Topliss-reactive ketones (excluding diaryl/α,β-unsaturated/α-hetero) is 1. The number of fused-ring (bicyclic) bond motifs is 1. The fraction of sp³-hybridized carbons (Fsp3) is 0.250. The Morgan fingerprint density at radius 1 is 1.00 bits per heavy atom. The van der Waals surface area contributed by atoms with Crippen LogP contribution in [0, 0.1) is 0 Å². The van der Waals surface area contributed by atoms with Crippen molar-refractivity contribution in [3.63, 3.8) is 0 Å². The number of nitrogens with one attached hydrogen (secondary N) is 1. The van der Waals surface area contributed by atoms with Gasteiger partial charge in [-0.05, 0) is 45.0 Å². The number of hydrogen-bond acceptors (Lipinski definition) is 3. The fourth-order valence-electron chi connectivity index (χ4n) is 2.89. The maximum absolute atomic E-state index is 12.4. The lowest BCUT2D eigenvalue weighted by Gasteiger charge is -2.19. The quantitative estimate of drug-likeness (QED) is 0.773. The zero-order valence-corrected chi connectivity index (χ0v) is 14.6. The van der Waals surface area contributed by atoms with Gasteiger partial charge in [0.2, 0.25) is 0 Å². The zero-order chi connectivity index (χ0) is 18.0. The second kappa shape index (κ2) is 6.89. The molecule has 25 heavy (non-hydrogen) atoms. The van der Waals surface area contributed by atoms with Crippen molar-refractivity contribution in [2.24, 2.45) is 0 Å². The van der Waals surface area contributed by atoms with Crippen molar-refractivity contribution >= 4 is 22.7 Å². The van der Waals surface area contributed by atoms with E-state index in [0.717, 1.165) is 11.0 Å². The second-order valence-corrected chi connectivity index (χ2v) is 6.18. The van der Waals surface area contributed by atoms with Gasteiger partial charge in [0, 0.05) is 5.56 Å². The van der Waals surface area contributed by atoms with Crippen LogP contribution in [0.25, 0.3) is 11.0 Å². The first-order valence-electron chi connectivity index (χ1n) is 8.32. The van der Waals surface area contributed by atoms with Gasteiger partial charge in [0.25, 0.3) is 5.91 Å². The van der Waals surface area contributed by atoms with Crippen LogP contribution in [-0.2, 0) is 4.79 Å². The van der Waals surface area contributed by atoms with Gasteiger partial charge < -0.3 is 9.88 Å². The Hall–Kier alpha value is -2.95. The summed E-state index contributed by atoms with van der Waals surface area (Å²) in [5, 5.41) is 2.97. The number of aromatic nitrogens is 2. The smallest absolute Gasteiger partial charge is 0.251 e. The minimum absolute atomic E-state index is 0.0472. The molecule has 5 nitrogen and oxygen atoms in total. The van der Waals surface area contributed by atoms with Crippen LogP contribution in [-0.4, -0.2) is 21.2 Å². The van der Waals surface area contributed by atoms with Gasteiger partial charge in [0.05, 0.1) is 23.1 Å². The third kappa shape index (κ3) is 3.31. The predicted molar refractivity (Wildman–Crippen MR) is 97.4 cm³/mol. The fourth-order valence-corrected chi connectivity index (χ4v) is 2.89. The molecule has 5 heteroatoms. The van der Waals surface area contributed by atoms with Crippen LogP contribution in [0.15, 0.2) is 54.6 Å². The Kier molecular flexibility index (Phi) is 4.65. The molecule has 0 bridgehead atoms. The molecule has 0 aliphatic rings. The molecule has 2 aromatic carbocycles. The van der Waals surface area contributed by atoms with Gasteiger partial charge in [-0.3, -0.25) is 9.59 Å². The molecule has 1 aromatic heterocycles. The number of hydrogen-bond donors (Lipinski definition) is 1. The number of nitrogens with zero attached hydrogens (tertiary/aromatic N) is 2. The highest BCUT2D eigenvalue weighted by Crippen LogP contribution is 2.25. The van der Waals surface area contributed by atoms with Gasteiger partial charge in [-0.25, -0.2) is 4.98 Å². The molecule has 0 saturated heterocycles. The van der Waals surface area contributed by atoms with Crippen molar-refractivity contribution in [2.75, 3.05) is 0 Å². The van der Waals surface area contributed by atoms with Gasteiger partial charge in [0.1, 0.15) is 5.82 Å². The lowest BCUT2D eigenvalue weighted by molar-refractivity contribution is -0.119. The lowest BCUT2D eigenvalue weighted by Crippen LogP contribution is -2.30. The van der Waals surface area contributed by atoms with E-state index in [9.17, 15) is 9.59 Å². The van der Waals surface area contributed by atoms with Crippen LogP contribution >= 0.6 is 0 Å². The molecular formula is C20H21N3O2. The van der Waals surface area contributed by atoms with Crippen molar-refractivity contribution in [3.8, 4) is 0 Å². The first kappa shape index (κ1) is 16.9. The lowest BCUT2D eigenvalue weighted by atomic mass is 10.2. The standard InChI is InChI=1S/C20H21N3O2/c1-13(21-20(25)16-9-5-4-6-10-16)19-22-17-11-7-8-12-18(17)23(19)14(2)15(3)24/h4-14H,1-3H3,(H,21,25). The molecule has 0 spiro atoms. The summed E-state index contributed by atoms with van der Waals surface area (Å²) in [6.07, 6.45) is 0. The predicted octanol–water partition coefficient (Wildman–Crippen LogP) is 3.68. The summed E-state index contributed by atoms with van der Waals surface area (Å²) in [4.78, 5) is 29.1. The molecule has 0 fully saturated rings. The Morgan fingerprint density at radius 2 is 1.64 bits per heavy atom. The summed E-state index contributed by atoms with van der Waals surface area (Å²) in [5.41, 5.74) is 2.30. The molecule has 1 heterocycles. The van der Waals surface area contributed by atoms with E-state index >= 15 is 0 Å². The van der Waals surface area contributed by atoms with Gasteiger partial charge in [-0.2, -0.15) is 0 Å². The normalized spacial score (nSPS) is 13.4. The van der Waals surface area contributed by atoms with E-state index in [1.54, 1.807) is 19.1 Å². The molecule has 3 rings (SSSR count). The molecule has 2 atom stereocenters. The minimum atomic E-state index is -0.349. The number of imidazole rings is 1. The number of rotatable bonds is 5. The summed E-state index contributed by atoms with van der Waals surface area (Å²) in [6.45, 7) is 5.30. The Morgan fingerprint density at radius 3 is 2.32 bits per heavy atom. The average Bonchev–Trinajstić information content (AvgIpc) is 3.01. The topological polar surface area (TPSA) is 64.0 Å². The van der Waals surface area contributed by atoms with Crippen molar-refractivity contribution in [1.29, 1.82) is 0 Å². The summed E-state index contributed by atoms with van der Waals surface area (Å²) in [6, 6.07) is 16.1. The molecule has 1 amide bonds. The SMILES string of the molecule is CC(=O)C(C)n1c(C(C)NC(=O)c2ccccc2)nc2ccccc21. The molecular weight excluding hydrogens is 314 g/mol. The van der Waals surface area contributed by atoms with Crippen LogP contribution in [0.3, 0.4) is 0 Å². The van der Waals surface area contributed by atoms with E-state index in [-0.39, 0.29) is 23.8 Å². The molecule has 0 radical (unpaired) electrons. The largest absolute Gasteiger partial charge is 0.342 e. The molecule has 0 aliphatic heterocycles. The van der Waals surface area contributed by atoms with Crippen molar-refractivity contribution < 1.29 is 9.59 Å². The van der Waals surface area contributed by atoms with Crippen LogP contribution in [0.1, 0.15) is 49.0 Å². The van der Waals surface area contributed by atoms with E-state index in [4.69, 9.17) is 0 Å². The molecule has 2 unspecified atom stereocenters. The Balaban J connectivity index is 1.98. The monoisotopic (exact) mass is 335 g/mol. The van der Waals surface area contributed by atoms with Gasteiger partial charge in [-0.15, -0.1) is 0 Å². The highest BCUT2D eigenvalue weighted by atomic mass is 16.1. The van der Waals surface area contributed by atoms with E-state index in [1.807, 2.05) is 60.9 Å². The summed E-state index contributed by atoms with van der Waals surface area (Å²) >= 11 is 0. The van der Waals surface area contributed by atoms with E-state index in [1.165, 1.54) is 0 Å². The molecule has 3 aromatic rings. The first-order chi connectivity index (χ1) is 12.0. The summed E-state index contributed by atoms with van der Waals surface area (Å²) in [7, 11) is 0. The highest BCUT2D eigenvalue weighted by molar-refractivity contribution is 5.94. The maximum atomic E-state index is 12.4. The first-order valence-corrected chi connectivity index (χ1v) is 8.32. The Bertz CT molecular complexity index is 915. The van der Waals surface area contributed by atoms with Crippen LogP contribution in [0.4, 0.5) is 0 Å². The molecule has 0 saturated carbocycles. The van der Waals surface area contributed by atoms with E-state index in [2.05, 4.69) is 10.3 Å². The van der Waals surface area contributed by atoms with Gasteiger partial charge in [-0.1, -0.05) is 30.3 Å². The zero-order valence-electron chi connectivity index (χ0n) is 14.6. The van der Waals surface area contributed by atoms with Gasteiger partial charge >= 0.3 is 0 Å². The average molecular weight is 335 g/mol. The number of carbonyl (C=O) groups excluding carboxylic acids is 2. The second-order valence-electron chi connectivity index (χ2n) is 6.18. The number of benzene rings is 2. The highest BCUT2D eigenvalue weighted by Gasteiger charge is 2.23. The summed E-state index contributed by atoms with van der Waals surface area (Å²) < 4.78 is 1.91. The van der Waals surface area contributed by atoms with E-state index in [0.29, 0.717) is 11.4 Å². The Labute approximate surface area is 146 Å². The van der Waals surface area contributed by atoms with Crippen LogP contribution < -0.4 is 5.32 Å².